The van der Waals surface area contributed by atoms with Gasteiger partial charge in [0.2, 0.25) is 5.90 Å². The van der Waals surface area contributed by atoms with E-state index in [1.165, 1.54) is 0 Å². The van der Waals surface area contributed by atoms with Crippen LogP contribution in [0.1, 0.15) is 36.3 Å². The Kier molecular flexibility index (Phi) is 5.91. The molecule has 0 spiro atoms. The first-order valence-corrected chi connectivity index (χ1v) is 9.04. The largest absolute Gasteiger partial charge is 0.492 e. The van der Waals surface area contributed by atoms with E-state index in [9.17, 15) is 0 Å². The van der Waals surface area contributed by atoms with E-state index in [0.717, 1.165) is 59.5 Å². The van der Waals surface area contributed by atoms with Gasteiger partial charge in [-0.2, -0.15) is 0 Å². The van der Waals surface area contributed by atoms with Crippen molar-refractivity contribution in [2.24, 2.45) is 4.99 Å². The van der Waals surface area contributed by atoms with Gasteiger partial charge >= 0.3 is 0 Å². The van der Waals surface area contributed by atoms with Gasteiger partial charge in [0.1, 0.15) is 18.1 Å². The van der Waals surface area contributed by atoms with Gasteiger partial charge in [0.15, 0.2) is 0 Å². The molecule has 1 aliphatic heterocycles. The third-order valence-corrected chi connectivity index (χ3v) is 4.39. The number of aromatic nitrogens is 1. The summed E-state index contributed by atoms with van der Waals surface area (Å²) >= 11 is 3.56. The van der Waals surface area contributed by atoms with Crippen LogP contribution in [0.5, 0.6) is 5.75 Å². The summed E-state index contributed by atoms with van der Waals surface area (Å²) in [7, 11) is 0. The van der Waals surface area contributed by atoms with Gasteiger partial charge in [-0.25, -0.2) is 4.99 Å². The normalized spacial score (nSPS) is 13.7. The smallest absolute Gasteiger partial charge is 0.216 e. The molecule has 0 N–H and O–H groups in total. The van der Waals surface area contributed by atoms with Gasteiger partial charge in [-0.05, 0) is 60.3 Å². The van der Waals surface area contributed by atoms with E-state index in [1.54, 1.807) is 0 Å². The fourth-order valence-electron chi connectivity index (χ4n) is 2.56. The Morgan fingerprint density at radius 2 is 2.12 bits per heavy atom. The number of rotatable bonds is 8. The topological polar surface area (TPSA) is 56.9 Å². The van der Waals surface area contributed by atoms with Crippen LogP contribution in [0.3, 0.4) is 0 Å². The van der Waals surface area contributed by atoms with E-state index in [0.29, 0.717) is 19.1 Å². The molecule has 0 amide bonds. The lowest BCUT2D eigenvalue weighted by atomic mass is 10.1. The molecular weight excluding hydrogens is 372 g/mol. The average Bonchev–Trinajstić information content (AvgIpc) is 3.23. The highest BCUT2D eigenvalue weighted by atomic mass is 79.9. The van der Waals surface area contributed by atoms with Crippen LogP contribution < -0.4 is 4.74 Å². The van der Waals surface area contributed by atoms with Crippen molar-refractivity contribution in [1.29, 1.82) is 0 Å². The number of hydrogen-bond donors (Lipinski definition) is 0. The average molecular weight is 393 g/mol. The summed E-state index contributed by atoms with van der Waals surface area (Å²) in [6.45, 7) is 4.04. The number of aliphatic imine (C=N–C) groups is 1. The number of halogens is 1. The first-order chi connectivity index (χ1) is 11.7. The molecule has 128 valence electrons. The monoisotopic (exact) mass is 392 g/mol. The SMILES string of the molecule is Cc1cc(CCCCCOc2ccc(C3=NCCO3)cc2Br)on1. The molecule has 6 heteroatoms. The van der Waals surface area contributed by atoms with Crippen LogP contribution in [-0.2, 0) is 11.2 Å². The number of nitrogens with zero attached hydrogens (tertiary/aromatic N) is 2. The highest BCUT2D eigenvalue weighted by Crippen LogP contribution is 2.27. The van der Waals surface area contributed by atoms with E-state index < -0.39 is 0 Å². The molecule has 0 aliphatic carbocycles. The van der Waals surface area contributed by atoms with Crippen LogP contribution in [0.15, 0.2) is 38.3 Å². The predicted molar refractivity (Wildman–Crippen MR) is 95.8 cm³/mol. The molecule has 0 unspecified atom stereocenters. The number of unbranched alkanes of at least 4 members (excludes halogenated alkanes) is 2. The molecule has 0 fully saturated rings. The molecule has 1 aliphatic rings. The van der Waals surface area contributed by atoms with Crippen molar-refractivity contribution in [3.05, 3.63) is 45.8 Å². The number of aryl methyl sites for hydroxylation is 2. The third-order valence-electron chi connectivity index (χ3n) is 3.77. The van der Waals surface area contributed by atoms with Crippen molar-refractivity contribution in [2.75, 3.05) is 19.8 Å². The molecule has 3 rings (SSSR count). The summed E-state index contributed by atoms with van der Waals surface area (Å²) in [5, 5.41) is 3.89. The summed E-state index contributed by atoms with van der Waals surface area (Å²) in [4.78, 5) is 4.32. The van der Waals surface area contributed by atoms with Crippen LogP contribution in [-0.4, -0.2) is 30.8 Å². The van der Waals surface area contributed by atoms with Gasteiger partial charge in [-0.3, -0.25) is 0 Å². The van der Waals surface area contributed by atoms with Gasteiger partial charge in [0.05, 0.1) is 23.3 Å². The molecule has 0 saturated heterocycles. The second kappa shape index (κ2) is 8.33. The fraction of sp³-hybridized carbons (Fsp3) is 0.444. The molecule has 0 atom stereocenters. The van der Waals surface area contributed by atoms with Crippen LogP contribution in [0.25, 0.3) is 0 Å². The van der Waals surface area contributed by atoms with E-state index in [2.05, 4.69) is 26.1 Å². The first kappa shape index (κ1) is 17.0. The fourth-order valence-corrected chi connectivity index (χ4v) is 3.05. The molecule has 2 aromatic rings. The standard InChI is InChI=1S/C18H21BrN2O3/c1-13-11-15(24-21-13)5-3-2-4-9-22-17-7-6-14(12-16(17)19)18-20-8-10-23-18/h6-7,11-12H,2-5,8-10H2,1H3. The molecular formula is C18H21BrN2O3. The summed E-state index contributed by atoms with van der Waals surface area (Å²) in [5.41, 5.74) is 1.92. The quantitative estimate of drug-likeness (QED) is 0.627. The van der Waals surface area contributed by atoms with Gasteiger partial charge < -0.3 is 14.0 Å². The van der Waals surface area contributed by atoms with Gasteiger partial charge in [0.25, 0.3) is 0 Å². The zero-order valence-corrected chi connectivity index (χ0v) is 15.3. The van der Waals surface area contributed by atoms with Crippen molar-refractivity contribution in [3.8, 4) is 5.75 Å². The predicted octanol–water partition coefficient (Wildman–Crippen LogP) is 4.31. The summed E-state index contributed by atoms with van der Waals surface area (Å²) in [6.07, 6.45) is 4.12. The third kappa shape index (κ3) is 4.60. The molecule has 0 saturated carbocycles. The Bertz CT molecular complexity index is 712. The van der Waals surface area contributed by atoms with E-state index in [1.807, 2.05) is 31.2 Å². The van der Waals surface area contributed by atoms with Crippen molar-refractivity contribution in [3.63, 3.8) is 0 Å². The lowest BCUT2D eigenvalue weighted by Crippen LogP contribution is -2.02. The molecule has 0 radical (unpaired) electrons. The number of hydrogen-bond acceptors (Lipinski definition) is 5. The lowest BCUT2D eigenvalue weighted by Gasteiger charge is -2.09. The van der Waals surface area contributed by atoms with Crippen molar-refractivity contribution in [1.82, 2.24) is 5.16 Å². The Morgan fingerprint density at radius 1 is 1.21 bits per heavy atom. The lowest BCUT2D eigenvalue weighted by molar-refractivity contribution is 0.301. The molecule has 0 bridgehead atoms. The zero-order chi connectivity index (χ0) is 16.8. The second-order valence-electron chi connectivity index (χ2n) is 5.77. The number of ether oxygens (including phenoxy) is 2. The van der Waals surface area contributed by atoms with E-state index in [-0.39, 0.29) is 0 Å². The van der Waals surface area contributed by atoms with E-state index >= 15 is 0 Å². The van der Waals surface area contributed by atoms with Gasteiger partial charge in [-0.15, -0.1) is 0 Å². The van der Waals surface area contributed by atoms with Crippen molar-refractivity contribution < 1.29 is 14.0 Å². The molecule has 5 nitrogen and oxygen atoms in total. The molecule has 1 aromatic heterocycles. The maximum Gasteiger partial charge on any atom is 0.216 e. The summed E-state index contributed by atoms with van der Waals surface area (Å²) in [6, 6.07) is 7.93. The second-order valence-corrected chi connectivity index (χ2v) is 6.63. The van der Waals surface area contributed by atoms with Crippen LogP contribution in [0, 0.1) is 6.92 Å². The maximum atomic E-state index is 5.85. The first-order valence-electron chi connectivity index (χ1n) is 8.24. The Labute approximate surface area is 150 Å². The van der Waals surface area contributed by atoms with Crippen LogP contribution >= 0.6 is 15.9 Å². The number of benzene rings is 1. The molecule has 2 heterocycles. The maximum absolute atomic E-state index is 5.85. The zero-order valence-electron chi connectivity index (χ0n) is 13.8. The van der Waals surface area contributed by atoms with Gasteiger partial charge in [0, 0.05) is 18.1 Å². The van der Waals surface area contributed by atoms with E-state index in [4.69, 9.17) is 14.0 Å². The highest BCUT2D eigenvalue weighted by Gasteiger charge is 2.12. The van der Waals surface area contributed by atoms with Gasteiger partial charge in [-0.1, -0.05) is 5.16 Å². The van der Waals surface area contributed by atoms with Crippen molar-refractivity contribution in [2.45, 2.75) is 32.6 Å². The summed E-state index contributed by atoms with van der Waals surface area (Å²) < 4.78 is 17.4. The molecule has 1 aromatic carbocycles. The van der Waals surface area contributed by atoms with Crippen molar-refractivity contribution >= 4 is 21.8 Å². The van der Waals surface area contributed by atoms with Crippen LogP contribution in [0.2, 0.25) is 0 Å². The Morgan fingerprint density at radius 3 is 2.83 bits per heavy atom. The summed E-state index contributed by atoms with van der Waals surface area (Å²) in [5.74, 6) is 2.52. The minimum Gasteiger partial charge on any atom is -0.492 e. The minimum atomic E-state index is 0.666. The highest BCUT2D eigenvalue weighted by molar-refractivity contribution is 9.10. The molecule has 24 heavy (non-hydrogen) atoms. The minimum absolute atomic E-state index is 0.666. The Hall–Kier alpha value is -1.82. The van der Waals surface area contributed by atoms with Crippen LogP contribution in [0.4, 0.5) is 0 Å². The Balaban J connectivity index is 1.38.